The molecule has 152 valence electrons. The van der Waals surface area contributed by atoms with Crippen molar-refractivity contribution in [1.82, 2.24) is 0 Å². The predicted molar refractivity (Wildman–Crippen MR) is 124 cm³/mol. The number of hydrogen-bond donors (Lipinski definition) is 0. The van der Waals surface area contributed by atoms with Gasteiger partial charge in [-0.3, -0.25) is 0 Å². The van der Waals surface area contributed by atoms with Crippen LogP contribution in [0.15, 0.2) is 66.8 Å². The van der Waals surface area contributed by atoms with Gasteiger partial charge in [0.2, 0.25) is 0 Å². The van der Waals surface area contributed by atoms with E-state index in [1.54, 1.807) is 0 Å². The maximum Gasteiger partial charge on any atom is 0.170 e. The third kappa shape index (κ3) is 3.18. The van der Waals surface area contributed by atoms with E-state index in [0.717, 1.165) is 26.2 Å². The molecule has 1 saturated heterocycles. The first-order valence-corrected chi connectivity index (χ1v) is 10.8. The molecule has 0 aliphatic carbocycles. The summed E-state index contributed by atoms with van der Waals surface area (Å²) >= 11 is 0. The van der Waals surface area contributed by atoms with Crippen LogP contribution < -0.4 is 9.80 Å². The molecule has 29 heavy (non-hydrogen) atoms. The summed E-state index contributed by atoms with van der Waals surface area (Å²) < 4.78 is 6.38. The van der Waals surface area contributed by atoms with Gasteiger partial charge in [0, 0.05) is 36.4 Å². The molecule has 1 fully saturated rings. The van der Waals surface area contributed by atoms with Gasteiger partial charge < -0.3 is 14.5 Å². The SMILES string of the molecule is CCN(CC)c1ccc(/C=C/C=C/C23OCCN2c2ccccc2C3(C)C)cc1. The molecule has 2 heterocycles. The fourth-order valence-electron chi connectivity index (χ4n) is 4.87. The quantitative estimate of drug-likeness (QED) is 0.597. The first kappa shape index (κ1) is 19.8. The Labute approximate surface area is 175 Å². The largest absolute Gasteiger partial charge is 0.372 e. The van der Waals surface area contributed by atoms with E-state index in [0.29, 0.717) is 0 Å². The minimum Gasteiger partial charge on any atom is -0.372 e. The molecular formula is C26H32N2O. The molecule has 2 aliphatic heterocycles. The number of para-hydroxylation sites is 1. The second-order valence-electron chi connectivity index (χ2n) is 8.32. The van der Waals surface area contributed by atoms with Crippen LogP contribution in [0.25, 0.3) is 6.08 Å². The van der Waals surface area contributed by atoms with E-state index < -0.39 is 5.72 Å². The molecule has 0 aromatic heterocycles. The van der Waals surface area contributed by atoms with Crippen LogP contribution in [0.1, 0.15) is 38.8 Å². The van der Waals surface area contributed by atoms with Crippen LogP contribution in [0.4, 0.5) is 11.4 Å². The standard InChI is InChI=1S/C26H32N2O/c1-5-27(6-2)22-16-14-21(15-17-22)11-9-10-18-26-25(3,4)23-12-7-8-13-24(23)28(26)19-20-29-26/h7-18H,5-6,19-20H2,1-4H3/b11-9+,18-10+. The summed E-state index contributed by atoms with van der Waals surface area (Å²) in [6.45, 7) is 12.7. The van der Waals surface area contributed by atoms with Crippen molar-refractivity contribution >= 4 is 17.5 Å². The second-order valence-corrected chi connectivity index (χ2v) is 8.32. The molecule has 0 spiro atoms. The first-order valence-electron chi connectivity index (χ1n) is 10.8. The number of allylic oxidation sites excluding steroid dienone is 2. The van der Waals surface area contributed by atoms with E-state index >= 15 is 0 Å². The lowest BCUT2D eigenvalue weighted by atomic mass is 9.77. The summed E-state index contributed by atoms with van der Waals surface area (Å²) in [5.74, 6) is 0. The Morgan fingerprint density at radius 3 is 2.45 bits per heavy atom. The minimum absolute atomic E-state index is 0.101. The number of benzene rings is 2. The molecule has 0 amide bonds. The Morgan fingerprint density at radius 2 is 1.72 bits per heavy atom. The fourth-order valence-corrected chi connectivity index (χ4v) is 4.87. The molecule has 3 heteroatoms. The van der Waals surface area contributed by atoms with Crippen LogP contribution in [-0.4, -0.2) is 32.0 Å². The number of ether oxygens (including phenoxy) is 1. The van der Waals surface area contributed by atoms with Gasteiger partial charge in [0.15, 0.2) is 5.72 Å². The average molecular weight is 389 g/mol. The van der Waals surface area contributed by atoms with E-state index in [-0.39, 0.29) is 5.41 Å². The van der Waals surface area contributed by atoms with E-state index in [1.165, 1.54) is 22.5 Å². The van der Waals surface area contributed by atoms with Crippen molar-refractivity contribution in [3.8, 4) is 0 Å². The van der Waals surface area contributed by atoms with Gasteiger partial charge in [-0.05, 0) is 49.2 Å². The number of nitrogens with zero attached hydrogens (tertiary/aromatic N) is 2. The van der Waals surface area contributed by atoms with E-state index in [9.17, 15) is 0 Å². The molecule has 4 rings (SSSR count). The molecular weight excluding hydrogens is 356 g/mol. The molecule has 0 radical (unpaired) electrons. The van der Waals surface area contributed by atoms with Crippen LogP contribution in [-0.2, 0) is 10.2 Å². The van der Waals surface area contributed by atoms with Crippen molar-refractivity contribution < 1.29 is 4.74 Å². The topological polar surface area (TPSA) is 15.7 Å². The van der Waals surface area contributed by atoms with Crippen molar-refractivity contribution in [3.05, 3.63) is 77.9 Å². The van der Waals surface area contributed by atoms with Crippen LogP contribution >= 0.6 is 0 Å². The summed E-state index contributed by atoms with van der Waals surface area (Å²) in [6.07, 6.45) is 8.67. The maximum atomic E-state index is 6.38. The lowest BCUT2D eigenvalue weighted by Crippen LogP contribution is -2.51. The lowest BCUT2D eigenvalue weighted by Gasteiger charge is -2.39. The minimum atomic E-state index is -0.409. The molecule has 0 N–H and O–H groups in total. The molecule has 0 saturated carbocycles. The highest BCUT2D eigenvalue weighted by Gasteiger charge is 2.58. The monoisotopic (exact) mass is 388 g/mol. The smallest absolute Gasteiger partial charge is 0.170 e. The van der Waals surface area contributed by atoms with E-state index in [2.05, 4.69) is 110 Å². The summed E-state index contributed by atoms with van der Waals surface area (Å²) in [5, 5.41) is 0. The molecule has 0 bridgehead atoms. The normalized spacial score (nSPS) is 22.4. The Bertz CT molecular complexity index is 909. The number of hydrogen-bond acceptors (Lipinski definition) is 3. The van der Waals surface area contributed by atoms with E-state index in [1.807, 2.05) is 0 Å². The van der Waals surface area contributed by atoms with Gasteiger partial charge in [0.1, 0.15) is 0 Å². The number of anilines is 2. The third-order valence-electron chi connectivity index (χ3n) is 6.55. The van der Waals surface area contributed by atoms with Gasteiger partial charge in [0.25, 0.3) is 0 Å². The summed E-state index contributed by atoms with van der Waals surface area (Å²) in [5.41, 5.74) is 4.64. The molecule has 1 atom stereocenters. The number of fused-ring (bicyclic) bond motifs is 3. The highest BCUT2D eigenvalue weighted by atomic mass is 16.5. The third-order valence-corrected chi connectivity index (χ3v) is 6.55. The van der Waals surface area contributed by atoms with Gasteiger partial charge in [-0.1, -0.05) is 62.4 Å². The zero-order valence-electron chi connectivity index (χ0n) is 18.1. The predicted octanol–water partition coefficient (Wildman–Crippen LogP) is 5.63. The molecule has 2 aliphatic rings. The number of rotatable bonds is 6. The van der Waals surface area contributed by atoms with Crippen molar-refractivity contribution in [2.45, 2.75) is 38.8 Å². The molecule has 1 unspecified atom stereocenters. The highest BCUT2D eigenvalue weighted by Crippen LogP contribution is 2.54. The van der Waals surface area contributed by atoms with Crippen LogP contribution in [0.5, 0.6) is 0 Å². The summed E-state index contributed by atoms with van der Waals surface area (Å²) in [7, 11) is 0. The lowest BCUT2D eigenvalue weighted by molar-refractivity contribution is -0.000291. The fraction of sp³-hybridized carbons (Fsp3) is 0.385. The van der Waals surface area contributed by atoms with Crippen LogP contribution in [0.2, 0.25) is 0 Å². The Kier molecular flexibility index (Phi) is 5.26. The van der Waals surface area contributed by atoms with Gasteiger partial charge in [-0.2, -0.15) is 0 Å². The van der Waals surface area contributed by atoms with Crippen molar-refractivity contribution in [2.24, 2.45) is 0 Å². The van der Waals surface area contributed by atoms with Gasteiger partial charge in [0.05, 0.1) is 6.61 Å². The van der Waals surface area contributed by atoms with Crippen LogP contribution in [0.3, 0.4) is 0 Å². The second kappa shape index (κ2) is 7.72. The molecule has 2 aromatic carbocycles. The van der Waals surface area contributed by atoms with Gasteiger partial charge in [-0.25, -0.2) is 0 Å². The Hall–Kier alpha value is -2.52. The summed E-state index contributed by atoms with van der Waals surface area (Å²) in [4.78, 5) is 4.78. The Balaban J connectivity index is 1.53. The van der Waals surface area contributed by atoms with Crippen molar-refractivity contribution in [1.29, 1.82) is 0 Å². The zero-order chi connectivity index (χ0) is 20.5. The molecule has 3 nitrogen and oxygen atoms in total. The Morgan fingerprint density at radius 1 is 1.00 bits per heavy atom. The first-order chi connectivity index (χ1) is 14.0. The van der Waals surface area contributed by atoms with Gasteiger partial charge >= 0.3 is 0 Å². The maximum absolute atomic E-state index is 6.38. The van der Waals surface area contributed by atoms with Crippen molar-refractivity contribution in [2.75, 3.05) is 36.0 Å². The average Bonchev–Trinajstić information content (AvgIpc) is 3.25. The van der Waals surface area contributed by atoms with Crippen molar-refractivity contribution in [3.63, 3.8) is 0 Å². The van der Waals surface area contributed by atoms with E-state index in [4.69, 9.17) is 4.74 Å². The highest BCUT2D eigenvalue weighted by molar-refractivity contribution is 5.68. The van der Waals surface area contributed by atoms with Gasteiger partial charge in [-0.15, -0.1) is 0 Å². The molecule has 2 aromatic rings. The summed E-state index contributed by atoms with van der Waals surface area (Å²) in [6, 6.07) is 17.5. The zero-order valence-corrected chi connectivity index (χ0v) is 18.1. The van der Waals surface area contributed by atoms with Crippen LogP contribution in [0, 0.1) is 0 Å².